The molecule has 1 heterocycles. The molecule has 0 saturated carbocycles. The first-order chi connectivity index (χ1) is 9.20. The summed E-state index contributed by atoms with van der Waals surface area (Å²) in [5.41, 5.74) is 0.816. The van der Waals surface area contributed by atoms with E-state index in [2.05, 4.69) is 10.6 Å². The van der Waals surface area contributed by atoms with Crippen LogP contribution in [0.3, 0.4) is 0 Å². The van der Waals surface area contributed by atoms with Crippen LogP contribution >= 0.6 is 0 Å². The SMILES string of the molecule is CCOc1ccc(NCC(=O)N2CCNC2=O)cc1. The van der Waals surface area contributed by atoms with Gasteiger partial charge in [-0.05, 0) is 31.2 Å². The smallest absolute Gasteiger partial charge is 0.324 e. The van der Waals surface area contributed by atoms with Crippen molar-refractivity contribution in [2.24, 2.45) is 0 Å². The van der Waals surface area contributed by atoms with Crippen LogP contribution in [0.4, 0.5) is 10.5 Å². The second-order valence-corrected chi connectivity index (χ2v) is 4.09. The Balaban J connectivity index is 1.84. The minimum absolute atomic E-state index is 0.0986. The van der Waals surface area contributed by atoms with Crippen LogP contribution in [0.5, 0.6) is 5.75 Å². The summed E-state index contributed by atoms with van der Waals surface area (Å²) in [5.74, 6) is 0.558. The highest BCUT2D eigenvalue weighted by Crippen LogP contribution is 2.15. The summed E-state index contributed by atoms with van der Waals surface area (Å²) in [6.45, 7) is 3.60. The van der Waals surface area contributed by atoms with E-state index in [4.69, 9.17) is 4.74 Å². The summed E-state index contributed by atoms with van der Waals surface area (Å²) in [5, 5.41) is 5.58. The van der Waals surface area contributed by atoms with Crippen molar-refractivity contribution in [2.75, 3.05) is 31.6 Å². The fourth-order valence-electron chi connectivity index (χ4n) is 1.82. The van der Waals surface area contributed by atoms with Crippen molar-refractivity contribution in [1.29, 1.82) is 0 Å². The Bertz CT molecular complexity index is 459. The number of ether oxygens (including phenoxy) is 1. The number of urea groups is 1. The second kappa shape index (κ2) is 6.08. The number of carbonyl (C=O) groups excluding carboxylic acids is 2. The van der Waals surface area contributed by atoms with Crippen LogP contribution in [0.1, 0.15) is 6.92 Å². The number of anilines is 1. The van der Waals surface area contributed by atoms with Crippen LogP contribution in [0, 0.1) is 0 Å². The van der Waals surface area contributed by atoms with Crippen LogP contribution in [0.25, 0.3) is 0 Å². The van der Waals surface area contributed by atoms with Gasteiger partial charge in [0.05, 0.1) is 13.2 Å². The normalized spacial score (nSPS) is 14.2. The maximum atomic E-state index is 11.8. The lowest BCUT2D eigenvalue weighted by atomic mass is 10.3. The first-order valence-electron chi connectivity index (χ1n) is 6.25. The molecular formula is C13H17N3O3. The quantitative estimate of drug-likeness (QED) is 0.833. The number of hydrogen-bond acceptors (Lipinski definition) is 4. The molecule has 3 amide bonds. The van der Waals surface area contributed by atoms with E-state index in [0.717, 1.165) is 11.4 Å². The van der Waals surface area contributed by atoms with Gasteiger partial charge in [0.15, 0.2) is 0 Å². The molecule has 2 rings (SSSR count). The van der Waals surface area contributed by atoms with E-state index < -0.39 is 0 Å². The molecule has 1 aromatic carbocycles. The molecule has 6 nitrogen and oxygen atoms in total. The van der Waals surface area contributed by atoms with Gasteiger partial charge in [-0.25, -0.2) is 4.79 Å². The van der Waals surface area contributed by atoms with Gasteiger partial charge in [-0.15, -0.1) is 0 Å². The maximum Gasteiger partial charge on any atom is 0.324 e. The Kier molecular flexibility index (Phi) is 4.22. The molecule has 0 bridgehead atoms. The highest BCUT2D eigenvalue weighted by Gasteiger charge is 2.25. The average molecular weight is 263 g/mol. The fraction of sp³-hybridized carbons (Fsp3) is 0.385. The van der Waals surface area contributed by atoms with Gasteiger partial charge >= 0.3 is 6.03 Å². The molecule has 0 aromatic heterocycles. The largest absolute Gasteiger partial charge is 0.494 e. The summed E-state index contributed by atoms with van der Waals surface area (Å²) < 4.78 is 5.33. The molecule has 0 unspecified atom stereocenters. The third-order valence-electron chi connectivity index (χ3n) is 2.77. The highest BCUT2D eigenvalue weighted by molar-refractivity contribution is 5.97. The number of nitrogens with one attached hydrogen (secondary N) is 2. The summed E-state index contributed by atoms with van der Waals surface area (Å²) in [4.78, 5) is 24.3. The van der Waals surface area contributed by atoms with Gasteiger partial charge in [0, 0.05) is 18.8 Å². The van der Waals surface area contributed by atoms with Crippen molar-refractivity contribution in [2.45, 2.75) is 6.92 Å². The molecule has 0 atom stereocenters. The van der Waals surface area contributed by atoms with Crippen molar-refractivity contribution in [3.05, 3.63) is 24.3 Å². The van der Waals surface area contributed by atoms with Crippen LogP contribution in [0.2, 0.25) is 0 Å². The molecule has 0 aliphatic carbocycles. The fourth-order valence-corrected chi connectivity index (χ4v) is 1.82. The van der Waals surface area contributed by atoms with E-state index in [9.17, 15) is 9.59 Å². The second-order valence-electron chi connectivity index (χ2n) is 4.09. The van der Waals surface area contributed by atoms with Crippen molar-refractivity contribution >= 4 is 17.6 Å². The molecule has 1 aromatic rings. The molecule has 0 spiro atoms. The first-order valence-corrected chi connectivity index (χ1v) is 6.25. The summed E-state index contributed by atoms with van der Waals surface area (Å²) >= 11 is 0. The lowest BCUT2D eigenvalue weighted by Gasteiger charge is -2.13. The molecule has 1 fully saturated rings. The van der Waals surface area contributed by atoms with Gasteiger partial charge in [-0.1, -0.05) is 0 Å². The van der Waals surface area contributed by atoms with Gasteiger partial charge in [0.2, 0.25) is 5.91 Å². The molecular weight excluding hydrogens is 246 g/mol. The third-order valence-corrected chi connectivity index (χ3v) is 2.77. The van der Waals surface area contributed by atoms with E-state index in [0.29, 0.717) is 19.7 Å². The molecule has 6 heteroatoms. The topological polar surface area (TPSA) is 70.7 Å². The highest BCUT2D eigenvalue weighted by atomic mass is 16.5. The lowest BCUT2D eigenvalue weighted by molar-refractivity contribution is -0.125. The van der Waals surface area contributed by atoms with Gasteiger partial charge in [0.25, 0.3) is 0 Å². The number of imide groups is 1. The first kappa shape index (κ1) is 13.2. The standard InChI is InChI=1S/C13H17N3O3/c1-2-19-11-5-3-10(4-6-11)15-9-12(17)16-8-7-14-13(16)18/h3-6,15H,2,7-9H2,1H3,(H,14,18). The van der Waals surface area contributed by atoms with E-state index >= 15 is 0 Å². The van der Waals surface area contributed by atoms with Crippen LogP contribution < -0.4 is 15.4 Å². The van der Waals surface area contributed by atoms with Gasteiger partial charge in [-0.3, -0.25) is 9.69 Å². The number of carbonyl (C=O) groups is 2. The van der Waals surface area contributed by atoms with Crippen LogP contribution in [-0.2, 0) is 4.79 Å². The predicted molar refractivity (Wildman–Crippen MR) is 71.2 cm³/mol. The Morgan fingerprint density at radius 2 is 2.16 bits per heavy atom. The maximum absolute atomic E-state index is 11.8. The predicted octanol–water partition coefficient (Wildman–Crippen LogP) is 1.05. The monoisotopic (exact) mass is 263 g/mol. The summed E-state index contributed by atoms with van der Waals surface area (Å²) in [7, 11) is 0. The van der Waals surface area contributed by atoms with Crippen LogP contribution in [-0.4, -0.2) is 43.1 Å². The Hall–Kier alpha value is -2.24. The molecule has 0 radical (unpaired) electrons. The molecule has 102 valence electrons. The number of amides is 3. The summed E-state index contributed by atoms with van der Waals surface area (Å²) in [6.07, 6.45) is 0. The molecule has 1 saturated heterocycles. The molecule has 2 N–H and O–H groups in total. The summed E-state index contributed by atoms with van der Waals surface area (Å²) in [6, 6.07) is 7.01. The van der Waals surface area contributed by atoms with Crippen molar-refractivity contribution < 1.29 is 14.3 Å². The van der Waals surface area contributed by atoms with Gasteiger partial charge < -0.3 is 15.4 Å². The Morgan fingerprint density at radius 1 is 1.42 bits per heavy atom. The zero-order valence-corrected chi connectivity index (χ0v) is 10.8. The number of benzene rings is 1. The molecule has 1 aliphatic rings. The Labute approximate surface area is 111 Å². The minimum atomic E-state index is -0.321. The van der Waals surface area contributed by atoms with E-state index in [1.165, 1.54) is 4.90 Å². The number of rotatable bonds is 5. The third kappa shape index (κ3) is 3.37. The van der Waals surface area contributed by atoms with Crippen molar-refractivity contribution in [1.82, 2.24) is 10.2 Å². The minimum Gasteiger partial charge on any atom is -0.494 e. The van der Waals surface area contributed by atoms with Gasteiger partial charge in [0.1, 0.15) is 5.75 Å². The van der Waals surface area contributed by atoms with Crippen LogP contribution in [0.15, 0.2) is 24.3 Å². The zero-order chi connectivity index (χ0) is 13.7. The zero-order valence-electron chi connectivity index (χ0n) is 10.8. The van der Waals surface area contributed by atoms with Crippen molar-refractivity contribution in [3.8, 4) is 5.75 Å². The van der Waals surface area contributed by atoms with Crippen molar-refractivity contribution in [3.63, 3.8) is 0 Å². The van der Waals surface area contributed by atoms with E-state index in [-0.39, 0.29) is 18.5 Å². The average Bonchev–Trinajstić information content (AvgIpc) is 2.84. The van der Waals surface area contributed by atoms with Gasteiger partial charge in [-0.2, -0.15) is 0 Å². The Morgan fingerprint density at radius 3 is 2.74 bits per heavy atom. The number of hydrogen-bond donors (Lipinski definition) is 2. The molecule has 1 aliphatic heterocycles. The number of nitrogens with zero attached hydrogens (tertiary/aromatic N) is 1. The lowest BCUT2D eigenvalue weighted by Crippen LogP contribution is -2.37. The van der Waals surface area contributed by atoms with E-state index in [1.54, 1.807) is 0 Å². The van der Waals surface area contributed by atoms with E-state index in [1.807, 2.05) is 31.2 Å². The molecule has 19 heavy (non-hydrogen) atoms.